The number of hydrogen-bond donors (Lipinski definition) is 0. The van der Waals surface area contributed by atoms with Crippen LogP contribution in [-0.4, -0.2) is 0 Å². The maximum absolute atomic E-state index is 2.48. The fraction of sp³-hybridized carbons (Fsp3) is 0. The van der Waals surface area contributed by atoms with Crippen molar-refractivity contribution in [2.45, 2.75) is 0 Å². The average molecular weight is 1110 g/mol. The Morgan fingerprint density at radius 3 is 0.761 bits per heavy atom. The molecule has 0 aliphatic rings. The molecule has 0 aromatic heterocycles. The van der Waals surface area contributed by atoms with Crippen molar-refractivity contribution in [3.8, 4) is 100 Å². The monoisotopic (exact) mass is 1110 g/mol. The topological polar surface area (TPSA) is 0 Å². The summed E-state index contributed by atoms with van der Waals surface area (Å²) in [6.07, 6.45) is 0. The van der Waals surface area contributed by atoms with Crippen molar-refractivity contribution in [3.63, 3.8) is 0 Å². The van der Waals surface area contributed by atoms with Crippen LogP contribution in [0.25, 0.3) is 176 Å². The molecule has 88 heavy (non-hydrogen) atoms. The predicted octanol–water partition coefficient (Wildman–Crippen LogP) is 24.8. The molecule has 0 heteroatoms. The summed E-state index contributed by atoms with van der Waals surface area (Å²) in [5, 5.41) is 17.2. The zero-order chi connectivity index (χ0) is 58.1. The zero-order valence-corrected chi connectivity index (χ0v) is 48.3. The molecule has 17 aromatic rings. The molecule has 0 N–H and O–H groups in total. The summed E-state index contributed by atoms with van der Waals surface area (Å²) in [6, 6.07) is 126. The van der Waals surface area contributed by atoms with Crippen LogP contribution in [0.3, 0.4) is 0 Å². The van der Waals surface area contributed by atoms with Crippen molar-refractivity contribution in [1.29, 1.82) is 0 Å². The lowest BCUT2D eigenvalue weighted by Gasteiger charge is -2.20. The summed E-state index contributed by atoms with van der Waals surface area (Å²) in [5.74, 6) is 0. The van der Waals surface area contributed by atoms with Gasteiger partial charge in [0.2, 0.25) is 0 Å². The third-order valence-corrected chi connectivity index (χ3v) is 18.4. The van der Waals surface area contributed by atoms with Crippen molar-refractivity contribution in [2.75, 3.05) is 0 Å². The second kappa shape index (κ2) is 21.3. The lowest BCUT2D eigenvalue weighted by molar-refractivity contribution is 1.60. The molecule has 0 heterocycles. The normalized spacial score (nSPS) is 11.6. The summed E-state index contributed by atoms with van der Waals surface area (Å²) < 4.78 is 0. The zero-order valence-electron chi connectivity index (χ0n) is 48.3. The maximum atomic E-state index is 2.48. The van der Waals surface area contributed by atoms with E-state index >= 15 is 0 Å². The Bertz CT molecular complexity index is 5580. The fourth-order valence-corrected chi connectivity index (χ4v) is 14.0. The van der Waals surface area contributed by atoms with Gasteiger partial charge in [0.1, 0.15) is 0 Å². The van der Waals surface area contributed by atoms with E-state index in [0.717, 1.165) is 11.1 Å². The first kappa shape index (κ1) is 51.0. The molecular formula is C88H56. The SMILES string of the molecule is c1ccc(-c2ccc(-c3c4ccccc4c(-c4cccc(-c5ccc6ccccc6c5)c4)c4cc(-c5ccc6c(-c7ccc(-c8ccc9ccccc9c8)cc7)c7ccccc7c(-c7ccc(-c8ccc9ccccc9c8)cc7)c6c5)ccc34)cc2)cc1. The van der Waals surface area contributed by atoms with Gasteiger partial charge in [-0.1, -0.05) is 303 Å². The van der Waals surface area contributed by atoms with Crippen molar-refractivity contribution >= 4 is 75.4 Å². The Morgan fingerprint density at radius 1 is 0.102 bits per heavy atom. The van der Waals surface area contributed by atoms with Gasteiger partial charge >= 0.3 is 0 Å². The van der Waals surface area contributed by atoms with Crippen LogP contribution in [0.5, 0.6) is 0 Å². The molecule has 0 aliphatic heterocycles. The lowest BCUT2D eigenvalue weighted by atomic mass is 9.83. The highest BCUT2D eigenvalue weighted by molar-refractivity contribution is 6.24. The largest absolute Gasteiger partial charge is 0.0622 e. The summed E-state index contributed by atoms with van der Waals surface area (Å²) in [6.45, 7) is 0. The van der Waals surface area contributed by atoms with Gasteiger partial charge in [0.15, 0.2) is 0 Å². The Morgan fingerprint density at radius 2 is 0.341 bits per heavy atom. The minimum Gasteiger partial charge on any atom is -0.0622 e. The second-order valence-electron chi connectivity index (χ2n) is 23.5. The second-order valence-corrected chi connectivity index (χ2v) is 23.5. The summed E-state index contributed by atoms with van der Waals surface area (Å²) in [7, 11) is 0. The van der Waals surface area contributed by atoms with Gasteiger partial charge in [0, 0.05) is 0 Å². The Kier molecular flexibility index (Phi) is 12.3. The van der Waals surface area contributed by atoms with Gasteiger partial charge < -0.3 is 0 Å². The highest BCUT2D eigenvalue weighted by atomic mass is 14.2. The average Bonchev–Trinajstić information content (AvgIpc) is 0.877. The van der Waals surface area contributed by atoms with Crippen LogP contribution in [0.1, 0.15) is 0 Å². The molecule has 408 valence electrons. The summed E-state index contributed by atoms with van der Waals surface area (Å²) in [5.41, 5.74) is 21.6. The van der Waals surface area contributed by atoms with E-state index in [4.69, 9.17) is 0 Å². The van der Waals surface area contributed by atoms with Crippen molar-refractivity contribution < 1.29 is 0 Å². The van der Waals surface area contributed by atoms with Gasteiger partial charge in [-0.15, -0.1) is 0 Å². The van der Waals surface area contributed by atoms with Gasteiger partial charge in [-0.2, -0.15) is 0 Å². The van der Waals surface area contributed by atoms with E-state index in [-0.39, 0.29) is 0 Å². The van der Waals surface area contributed by atoms with Crippen molar-refractivity contribution in [3.05, 3.63) is 340 Å². The molecule has 0 unspecified atom stereocenters. The smallest absolute Gasteiger partial charge is 0.00259 e. The molecule has 0 aliphatic carbocycles. The van der Waals surface area contributed by atoms with Gasteiger partial charge in [0.25, 0.3) is 0 Å². The molecule has 0 radical (unpaired) electrons. The minimum atomic E-state index is 1.16. The minimum absolute atomic E-state index is 1.16. The van der Waals surface area contributed by atoms with Crippen LogP contribution in [-0.2, 0) is 0 Å². The Hall–Kier alpha value is -11.4. The first-order valence-electron chi connectivity index (χ1n) is 30.5. The first-order chi connectivity index (χ1) is 43.6. The number of fused-ring (bicyclic) bond motifs is 7. The predicted molar refractivity (Wildman–Crippen MR) is 378 cm³/mol. The van der Waals surface area contributed by atoms with Gasteiger partial charge in [-0.05, 0) is 212 Å². The maximum Gasteiger partial charge on any atom is -0.00259 e. The van der Waals surface area contributed by atoms with Crippen molar-refractivity contribution in [2.24, 2.45) is 0 Å². The third kappa shape index (κ3) is 8.93. The molecule has 0 saturated heterocycles. The molecule has 0 nitrogen and oxygen atoms in total. The molecule has 0 saturated carbocycles. The molecule has 17 aromatic carbocycles. The number of rotatable bonds is 9. The van der Waals surface area contributed by atoms with Crippen LogP contribution in [0, 0.1) is 0 Å². The highest BCUT2D eigenvalue weighted by Crippen LogP contribution is 2.49. The molecule has 17 rings (SSSR count). The molecule has 0 spiro atoms. The molecule has 0 fully saturated rings. The van der Waals surface area contributed by atoms with Crippen molar-refractivity contribution in [1.82, 2.24) is 0 Å². The number of hydrogen-bond acceptors (Lipinski definition) is 0. The fourth-order valence-electron chi connectivity index (χ4n) is 14.0. The van der Waals surface area contributed by atoms with Crippen LogP contribution < -0.4 is 0 Å². The molecule has 0 amide bonds. The van der Waals surface area contributed by atoms with E-state index in [1.807, 2.05) is 0 Å². The van der Waals surface area contributed by atoms with E-state index in [9.17, 15) is 0 Å². The van der Waals surface area contributed by atoms with Crippen LogP contribution in [0.2, 0.25) is 0 Å². The molecular weight excluding hydrogens is 1060 g/mol. The van der Waals surface area contributed by atoms with Crippen LogP contribution >= 0.6 is 0 Å². The van der Waals surface area contributed by atoms with E-state index in [1.54, 1.807) is 0 Å². The van der Waals surface area contributed by atoms with E-state index < -0.39 is 0 Å². The summed E-state index contributed by atoms with van der Waals surface area (Å²) in [4.78, 5) is 0. The molecule has 0 atom stereocenters. The van der Waals surface area contributed by atoms with E-state index in [2.05, 4.69) is 340 Å². The standard InChI is InChI=1S/C88H56/c1-2-15-57(16-3-1)61-29-38-64(39-30-61)86-78-26-11-13-28-80(78)88(76-24-14-23-70(54-76)73-46-37-60-19-6-9-22-69(60)53-73)84-56-75(48-50-82(84)86)74-47-49-81-83(55-74)87(66-42-33-63(34-43-66)72-45-36-59-18-5-8-21-68(59)52-72)79-27-12-10-25-77(79)85(81)65-40-31-62(32-41-65)71-44-35-58-17-4-7-20-67(58)51-71/h1-56H. The quantitative estimate of drug-likeness (QED) is 0.126. The first-order valence-corrected chi connectivity index (χ1v) is 30.5. The Labute approximate surface area is 512 Å². The van der Waals surface area contributed by atoms with E-state index in [1.165, 1.54) is 164 Å². The van der Waals surface area contributed by atoms with Crippen LogP contribution in [0.15, 0.2) is 340 Å². The Balaban J connectivity index is 0.878. The van der Waals surface area contributed by atoms with Crippen LogP contribution in [0.4, 0.5) is 0 Å². The van der Waals surface area contributed by atoms with Gasteiger partial charge in [-0.3, -0.25) is 0 Å². The lowest BCUT2D eigenvalue weighted by Crippen LogP contribution is -1.93. The van der Waals surface area contributed by atoms with Gasteiger partial charge in [-0.25, -0.2) is 0 Å². The van der Waals surface area contributed by atoms with E-state index in [0.29, 0.717) is 0 Å². The highest BCUT2D eigenvalue weighted by Gasteiger charge is 2.22. The third-order valence-electron chi connectivity index (χ3n) is 18.4. The number of benzene rings is 17. The summed E-state index contributed by atoms with van der Waals surface area (Å²) >= 11 is 0. The van der Waals surface area contributed by atoms with Gasteiger partial charge in [0.05, 0.1) is 0 Å². The molecule has 0 bridgehead atoms.